The summed E-state index contributed by atoms with van der Waals surface area (Å²) >= 11 is 0. The molecule has 2 unspecified atom stereocenters. The highest BCUT2D eigenvalue weighted by Crippen LogP contribution is 2.20. The van der Waals surface area contributed by atoms with Crippen LogP contribution >= 0.6 is 0 Å². The molecule has 122 valence electrons. The molecule has 1 fully saturated rings. The number of nitrogens with zero attached hydrogens (tertiary/aromatic N) is 2. The topological polar surface area (TPSA) is 74.8 Å². The van der Waals surface area contributed by atoms with Gasteiger partial charge < -0.3 is 9.80 Å². The molecular formula is C17H20N2O4. The van der Waals surface area contributed by atoms with Gasteiger partial charge in [0.15, 0.2) is 6.29 Å². The summed E-state index contributed by atoms with van der Waals surface area (Å²) in [6, 6.07) is 8.31. The van der Waals surface area contributed by atoms with E-state index in [2.05, 4.69) is 0 Å². The van der Waals surface area contributed by atoms with Crippen LogP contribution in [0, 0.1) is 0 Å². The molecule has 0 spiro atoms. The molecular weight excluding hydrogens is 296 g/mol. The summed E-state index contributed by atoms with van der Waals surface area (Å²) in [5, 5.41) is 0. The molecule has 0 bridgehead atoms. The first-order valence-corrected chi connectivity index (χ1v) is 7.51. The first-order valence-electron chi connectivity index (χ1n) is 7.51. The van der Waals surface area contributed by atoms with E-state index in [1.54, 1.807) is 0 Å². The zero-order chi connectivity index (χ0) is 17.0. The molecule has 2 rings (SSSR count). The fraction of sp³-hybridized carbons (Fsp3) is 0.412. The number of hydrogen-bond donors (Lipinski definition) is 0. The van der Waals surface area contributed by atoms with E-state index in [9.17, 15) is 19.2 Å². The number of carbonyl (C=O) groups excluding carboxylic acids is 4. The van der Waals surface area contributed by atoms with Gasteiger partial charge in [-0.2, -0.15) is 0 Å². The number of hydrogen-bond acceptors (Lipinski definition) is 4. The van der Waals surface area contributed by atoms with Crippen LogP contribution in [0.2, 0.25) is 0 Å². The standard InChI is InChI=1S/C17H20N2O4/c1-12(21)18-9-15(8-14-6-4-3-5-7-14)19(13(2)22)16(10-18)17(23)11-20/h3-7,11,15-16H,8-10H2,1-2H3. The highest BCUT2D eigenvalue weighted by atomic mass is 16.2. The van der Waals surface area contributed by atoms with E-state index in [0.717, 1.165) is 5.56 Å². The van der Waals surface area contributed by atoms with Crippen molar-refractivity contribution in [3.05, 3.63) is 35.9 Å². The molecule has 0 radical (unpaired) electrons. The van der Waals surface area contributed by atoms with Crippen LogP contribution in [-0.4, -0.2) is 58.9 Å². The van der Waals surface area contributed by atoms with Crippen molar-refractivity contribution in [3.63, 3.8) is 0 Å². The molecule has 23 heavy (non-hydrogen) atoms. The molecule has 1 aliphatic heterocycles. The van der Waals surface area contributed by atoms with E-state index in [1.807, 2.05) is 30.3 Å². The molecule has 0 aliphatic carbocycles. The van der Waals surface area contributed by atoms with Gasteiger partial charge in [-0.3, -0.25) is 19.2 Å². The molecule has 1 saturated heterocycles. The maximum Gasteiger partial charge on any atom is 0.220 e. The number of carbonyl (C=O) groups is 4. The first kappa shape index (κ1) is 16.9. The minimum atomic E-state index is -0.906. The van der Waals surface area contributed by atoms with Gasteiger partial charge in [-0.05, 0) is 12.0 Å². The fourth-order valence-corrected chi connectivity index (χ4v) is 3.06. The quantitative estimate of drug-likeness (QED) is 0.597. The Hall–Kier alpha value is -2.50. The average Bonchev–Trinajstić information content (AvgIpc) is 2.53. The van der Waals surface area contributed by atoms with Crippen molar-refractivity contribution >= 4 is 23.9 Å². The van der Waals surface area contributed by atoms with Crippen LogP contribution in [-0.2, 0) is 25.6 Å². The normalized spacial score (nSPS) is 21.0. The third-order valence-electron chi connectivity index (χ3n) is 4.12. The van der Waals surface area contributed by atoms with Gasteiger partial charge in [0.25, 0.3) is 0 Å². The minimum absolute atomic E-state index is 0.0672. The number of amides is 2. The third-order valence-corrected chi connectivity index (χ3v) is 4.12. The van der Waals surface area contributed by atoms with E-state index in [0.29, 0.717) is 13.0 Å². The minimum Gasteiger partial charge on any atom is -0.338 e. The van der Waals surface area contributed by atoms with Crippen LogP contribution in [0.25, 0.3) is 0 Å². The number of piperazine rings is 1. The Morgan fingerprint density at radius 3 is 2.26 bits per heavy atom. The van der Waals surface area contributed by atoms with E-state index >= 15 is 0 Å². The number of rotatable bonds is 4. The Labute approximate surface area is 135 Å². The summed E-state index contributed by atoms with van der Waals surface area (Å²) < 4.78 is 0. The molecule has 1 aliphatic rings. The summed E-state index contributed by atoms with van der Waals surface area (Å²) in [5.41, 5.74) is 1.01. The Bertz CT molecular complexity index is 614. The molecule has 1 aromatic rings. The van der Waals surface area contributed by atoms with E-state index in [4.69, 9.17) is 0 Å². The predicted octanol–water partition coefficient (Wildman–Crippen LogP) is 0.445. The third kappa shape index (κ3) is 3.83. The molecule has 6 nitrogen and oxygen atoms in total. The molecule has 1 aromatic carbocycles. The van der Waals surface area contributed by atoms with Gasteiger partial charge in [-0.1, -0.05) is 30.3 Å². The summed E-state index contributed by atoms with van der Waals surface area (Å²) in [7, 11) is 0. The molecule has 6 heteroatoms. The number of ketones is 1. The predicted molar refractivity (Wildman–Crippen MR) is 83.6 cm³/mol. The Morgan fingerprint density at radius 2 is 1.74 bits per heavy atom. The van der Waals surface area contributed by atoms with Crippen LogP contribution < -0.4 is 0 Å². The maximum atomic E-state index is 12.1. The number of aldehydes is 1. The monoisotopic (exact) mass is 316 g/mol. The second kappa shape index (κ2) is 7.17. The van der Waals surface area contributed by atoms with Gasteiger partial charge in [0.05, 0.1) is 6.04 Å². The lowest BCUT2D eigenvalue weighted by molar-refractivity contribution is -0.151. The lowest BCUT2D eigenvalue weighted by atomic mass is 9.97. The molecule has 2 atom stereocenters. The summed E-state index contributed by atoms with van der Waals surface area (Å²) in [4.78, 5) is 49.7. The summed E-state index contributed by atoms with van der Waals surface area (Å²) in [6.07, 6.45) is 0.747. The second-order valence-electron chi connectivity index (χ2n) is 5.73. The fourth-order valence-electron chi connectivity index (χ4n) is 3.06. The highest BCUT2D eigenvalue weighted by molar-refractivity contribution is 6.28. The number of benzene rings is 1. The van der Waals surface area contributed by atoms with Gasteiger partial charge >= 0.3 is 0 Å². The van der Waals surface area contributed by atoms with Crippen molar-refractivity contribution in [2.75, 3.05) is 13.1 Å². The van der Waals surface area contributed by atoms with Gasteiger partial charge in [0, 0.05) is 26.9 Å². The van der Waals surface area contributed by atoms with Crippen molar-refractivity contribution in [3.8, 4) is 0 Å². The van der Waals surface area contributed by atoms with Gasteiger partial charge in [-0.25, -0.2) is 0 Å². The second-order valence-corrected chi connectivity index (χ2v) is 5.73. The summed E-state index contributed by atoms with van der Waals surface area (Å²) in [6.45, 7) is 3.22. The van der Waals surface area contributed by atoms with E-state index in [-0.39, 0.29) is 30.7 Å². The van der Waals surface area contributed by atoms with Crippen LogP contribution in [0.4, 0.5) is 0 Å². The lowest BCUT2D eigenvalue weighted by Crippen LogP contribution is -2.64. The Morgan fingerprint density at radius 1 is 1.09 bits per heavy atom. The van der Waals surface area contributed by atoms with Crippen LogP contribution in [0.1, 0.15) is 19.4 Å². The Kier molecular flexibility index (Phi) is 5.26. The highest BCUT2D eigenvalue weighted by Gasteiger charge is 2.40. The van der Waals surface area contributed by atoms with Crippen molar-refractivity contribution in [1.29, 1.82) is 0 Å². The van der Waals surface area contributed by atoms with E-state index < -0.39 is 11.8 Å². The van der Waals surface area contributed by atoms with Gasteiger partial charge in [0.2, 0.25) is 17.6 Å². The average molecular weight is 316 g/mol. The zero-order valence-corrected chi connectivity index (χ0v) is 13.3. The van der Waals surface area contributed by atoms with Gasteiger partial charge in [-0.15, -0.1) is 0 Å². The number of Topliss-reactive ketones (excluding diaryl/α,β-unsaturated/α-hetero) is 1. The van der Waals surface area contributed by atoms with Crippen LogP contribution in [0.5, 0.6) is 0 Å². The van der Waals surface area contributed by atoms with Crippen molar-refractivity contribution < 1.29 is 19.2 Å². The van der Waals surface area contributed by atoms with E-state index in [1.165, 1.54) is 23.6 Å². The summed E-state index contributed by atoms with van der Waals surface area (Å²) in [5.74, 6) is -1.12. The zero-order valence-electron chi connectivity index (χ0n) is 13.3. The molecule has 0 saturated carbocycles. The van der Waals surface area contributed by atoms with Crippen molar-refractivity contribution in [1.82, 2.24) is 9.80 Å². The molecule has 0 aromatic heterocycles. The first-order chi connectivity index (χ1) is 10.9. The SMILES string of the molecule is CC(=O)N1CC(Cc2ccccc2)N(C(C)=O)C(C(=O)C=O)C1. The van der Waals surface area contributed by atoms with Crippen molar-refractivity contribution in [2.24, 2.45) is 0 Å². The van der Waals surface area contributed by atoms with Crippen LogP contribution in [0.3, 0.4) is 0 Å². The smallest absolute Gasteiger partial charge is 0.220 e. The van der Waals surface area contributed by atoms with Crippen molar-refractivity contribution in [2.45, 2.75) is 32.4 Å². The Balaban J connectivity index is 2.33. The van der Waals surface area contributed by atoms with Crippen LogP contribution in [0.15, 0.2) is 30.3 Å². The molecule has 2 amide bonds. The molecule has 0 N–H and O–H groups in total. The lowest BCUT2D eigenvalue weighted by Gasteiger charge is -2.45. The maximum absolute atomic E-state index is 12.1. The van der Waals surface area contributed by atoms with Gasteiger partial charge in [0.1, 0.15) is 6.04 Å². The largest absolute Gasteiger partial charge is 0.338 e. The molecule has 1 heterocycles.